The zero-order chi connectivity index (χ0) is 17.3. The molecule has 0 radical (unpaired) electrons. The zero-order valence-corrected chi connectivity index (χ0v) is 14.4. The molecule has 0 heterocycles. The predicted molar refractivity (Wildman–Crippen MR) is 90.1 cm³/mol. The van der Waals surface area contributed by atoms with Crippen LogP contribution < -0.4 is 10.9 Å². The van der Waals surface area contributed by atoms with E-state index in [2.05, 4.69) is 30.5 Å². The third kappa shape index (κ3) is 3.11. The van der Waals surface area contributed by atoms with E-state index in [-0.39, 0.29) is 23.7 Å². The Kier molecular flexibility index (Phi) is 4.76. The largest absolute Gasteiger partial charge is 0.289 e. The number of hydrogen-bond acceptors (Lipinski definition) is 4. The van der Waals surface area contributed by atoms with Gasteiger partial charge < -0.3 is 0 Å². The van der Waals surface area contributed by atoms with Gasteiger partial charge in [-0.05, 0) is 61.3 Å². The summed E-state index contributed by atoms with van der Waals surface area (Å²) in [5.41, 5.74) is 5.95. The second-order valence-corrected chi connectivity index (χ2v) is 8.01. The molecule has 2 bridgehead atoms. The second kappa shape index (κ2) is 6.67. The van der Waals surface area contributed by atoms with Crippen LogP contribution >= 0.6 is 0 Å². The van der Waals surface area contributed by atoms with Crippen LogP contribution in [0.25, 0.3) is 0 Å². The topological polar surface area (TPSA) is 90.8 Å². The number of hydrogen-bond donors (Lipinski definition) is 3. The Morgan fingerprint density at radius 2 is 1.83 bits per heavy atom. The van der Waals surface area contributed by atoms with Gasteiger partial charge in [-0.25, -0.2) is 10.9 Å². The van der Waals surface area contributed by atoms with Crippen LogP contribution in [0.2, 0.25) is 0 Å². The van der Waals surface area contributed by atoms with Gasteiger partial charge in [0.2, 0.25) is 11.8 Å². The maximum absolute atomic E-state index is 12.2. The van der Waals surface area contributed by atoms with Crippen molar-refractivity contribution in [2.45, 2.75) is 52.4 Å². The molecule has 0 aromatic rings. The van der Waals surface area contributed by atoms with Gasteiger partial charge in [0, 0.05) is 11.8 Å². The van der Waals surface area contributed by atoms with Crippen LogP contribution in [0.5, 0.6) is 0 Å². The number of carbonyl (C=O) groups is 2. The first-order chi connectivity index (χ1) is 11.4. The lowest BCUT2D eigenvalue weighted by molar-refractivity contribution is -0.136. The summed E-state index contributed by atoms with van der Waals surface area (Å²) in [5.74, 6) is 0.636. The van der Waals surface area contributed by atoms with Gasteiger partial charge in [0.1, 0.15) is 0 Å². The monoisotopic (exact) mass is 333 g/mol. The van der Waals surface area contributed by atoms with E-state index in [4.69, 9.17) is 5.21 Å². The van der Waals surface area contributed by atoms with Crippen LogP contribution in [-0.2, 0) is 9.59 Å². The van der Waals surface area contributed by atoms with E-state index < -0.39 is 0 Å². The summed E-state index contributed by atoms with van der Waals surface area (Å²) in [5, 5.41) is 12.8. The molecule has 132 valence electrons. The Morgan fingerprint density at radius 1 is 1.21 bits per heavy atom. The van der Waals surface area contributed by atoms with Crippen LogP contribution in [0, 0.1) is 29.1 Å². The molecule has 6 heteroatoms. The molecule has 0 spiro atoms. The Balaban J connectivity index is 1.47. The van der Waals surface area contributed by atoms with Crippen molar-refractivity contribution in [2.24, 2.45) is 34.2 Å². The first-order valence-electron chi connectivity index (χ1n) is 8.90. The number of hydroxylamine groups is 1. The summed E-state index contributed by atoms with van der Waals surface area (Å²) in [6.45, 7) is 4.62. The van der Waals surface area contributed by atoms with Gasteiger partial charge >= 0.3 is 0 Å². The van der Waals surface area contributed by atoms with E-state index in [0.717, 1.165) is 12.3 Å². The van der Waals surface area contributed by atoms with Crippen molar-refractivity contribution in [3.05, 3.63) is 11.6 Å². The normalized spacial score (nSPS) is 34.2. The summed E-state index contributed by atoms with van der Waals surface area (Å²) in [6, 6.07) is 0. The molecule has 0 unspecified atom stereocenters. The Hall–Kier alpha value is -1.69. The molecule has 0 aromatic carbocycles. The molecule has 2 fully saturated rings. The van der Waals surface area contributed by atoms with Crippen LogP contribution in [-0.4, -0.2) is 23.2 Å². The lowest BCUT2D eigenvalue weighted by Crippen LogP contribution is -2.48. The molecule has 24 heavy (non-hydrogen) atoms. The maximum Gasteiger partial charge on any atom is 0.246 e. The average Bonchev–Trinajstić information content (AvgIpc) is 2.61. The second-order valence-electron chi connectivity index (χ2n) is 8.01. The number of rotatable bonds is 4. The van der Waals surface area contributed by atoms with Gasteiger partial charge in [-0.2, -0.15) is 5.10 Å². The van der Waals surface area contributed by atoms with Gasteiger partial charge in [0.15, 0.2) is 0 Å². The number of carbonyl (C=O) groups excluding carboxylic acids is 2. The Morgan fingerprint density at radius 3 is 2.38 bits per heavy atom. The Labute approximate surface area is 142 Å². The van der Waals surface area contributed by atoms with Crippen LogP contribution in [0.4, 0.5) is 0 Å². The summed E-state index contributed by atoms with van der Waals surface area (Å²) in [4.78, 5) is 23.6. The average molecular weight is 333 g/mol. The van der Waals surface area contributed by atoms with Crippen molar-refractivity contribution >= 4 is 18.0 Å². The molecule has 6 nitrogen and oxygen atoms in total. The fraction of sp³-hybridized carbons (Fsp3) is 0.722. The smallest absolute Gasteiger partial charge is 0.246 e. The van der Waals surface area contributed by atoms with E-state index in [1.54, 1.807) is 5.48 Å². The molecule has 3 N–H and O–H groups in total. The van der Waals surface area contributed by atoms with Crippen molar-refractivity contribution in [3.8, 4) is 0 Å². The standard InChI is InChI=1S/C18H27N3O3/c1-18(2)14-8-7-13(15(18)9-14)10-19-20-16(22)11-3-5-12(6-4-11)17(23)21-24/h7,10-12,14-15,24H,3-6,8-9H2,1-2H3,(H,20,22)(H,21,23)/b19-10+/t11?,12?,14-,15-/m0/s1. The lowest BCUT2D eigenvalue weighted by atomic mass is 9.49. The van der Waals surface area contributed by atoms with Gasteiger partial charge in [-0.15, -0.1) is 0 Å². The van der Waals surface area contributed by atoms with Crippen molar-refractivity contribution in [2.75, 3.05) is 0 Å². The van der Waals surface area contributed by atoms with Crippen LogP contribution in [0.3, 0.4) is 0 Å². The number of allylic oxidation sites excluding steroid dienone is 2. The van der Waals surface area contributed by atoms with Gasteiger partial charge in [-0.1, -0.05) is 19.9 Å². The number of nitrogens with one attached hydrogen (secondary N) is 2. The molecule has 0 saturated heterocycles. The van der Waals surface area contributed by atoms with Gasteiger partial charge in [0.25, 0.3) is 0 Å². The fourth-order valence-electron chi connectivity index (χ4n) is 4.52. The number of hydrazone groups is 1. The zero-order valence-electron chi connectivity index (χ0n) is 14.4. The quantitative estimate of drug-likeness (QED) is 0.419. The summed E-state index contributed by atoms with van der Waals surface area (Å²) in [6.07, 6.45) is 8.95. The molecule has 4 aliphatic carbocycles. The molecule has 0 aromatic heterocycles. The van der Waals surface area contributed by atoms with E-state index >= 15 is 0 Å². The maximum atomic E-state index is 12.2. The Bertz CT molecular complexity index is 574. The minimum Gasteiger partial charge on any atom is -0.289 e. The first kappa shape index (κ1) is 17.1. The van der Waals surface area contributed by atoms with E-state index in [1.807, 2.05) is 6.21 Å². The molecule has 2 saturated carbocycles. The molecule has 2 atom stereocenters. The molecule has 4 rings (SSSR count). The SMILES string of the molecule is CC1(C)[C@H]2CC=C(/C=N/NC(=O)C3CCC(C(=O)NO)CC3)[C@@H]1C2. The summed E-state index contributed by atoms with van der Waals surface area (Å²) >= 11 is 0. The molecule has 4 aliphatic rings. The van der Waals surface area contributed by atoms with Crippen molar-refractivity contribution in [1.82, 2.24) is 10.9 Å². The van der Waals surface area contributed by atoms with Crippen LogP contribution in [0.15, 0.2) is 16.8 Å². The van der Waals surface area contributed by atoms with Crippen molar-refractivity contribution in [1.29, 1.82) is 0 Å². The molecular formula is C18H27N3O3. The van der Waals surface area contributed by atoms with E-state index in [0.29, 0.717) is 37.0 Å². The predicted octanol–water partition coefficient (Wildman–Crippen LogP) is 2.39. The van der Waals surface area contributed by atoms with Crippen molar-refractivity contribution < 1.29 is 14.8 Å². The van der Waals surface area contributed by atoms with E-state index in [9.17, 15) is 9.59 Å². The molecule has 2 amide bonds. The van der Waals surface area contributed by atoms with E-state index in [1.165, 1.54) is 12.0 Å². The number of nitrogens with zero attached hydrogens (tertiary/aromatic N) is 1. The van der Waals surface area contributed by atoms with Crippen LogP contribution in [0.1, 0.15) is 52.4 Å². The highest BCUT2D eigenvalue weighted by Gasteiger charge is 2.50. The molecule has 0 aliphatic heterocycles. The third-order valence-corrected chi connectivity index (χ3v) is 6.48. The fourth-order valence-corrected chi connectivity index (χ4v) is 4.52. The van der Waals surface area contributed by atoms with Gasteiger partial charge in [-0.3, -0.25) is 14.8 Å². The highest BCUT2D eigenvalue weighted by Crippen LogP contribution is 2.58. The minimum absolute atomic E-state index is 0.0729. The molecular weight excluding hydrogens is 306 g/mol. The first-order valence-corrected chi connectivity index (χ1v) is 8.90. The lowest BCUT2D eigenvalue weighted by Gasteiger charge is -2.55. The number of amides is 2. The third-order valence-electron chi connectivity index (χ3n) is 6.48. The summed E-state index contributed by atoms with van der Waals surface area (Å²) < 4.78 is 0. The summed E-state index contributed by atoms with van der Waals surface area (Å²) in [7, 11) is 0. The minimum atomic E-state index is -0.350. The van der Waals surface area contributed by atoms with Crippen molar-refractivity contribution in [3.63, 3.8) is 0 Å². The number of fused-ring (bicyclic) bond motifs is 1. The highest BCUT2D eigenvalue weighted by atomic mass is 16.5. The highest BCUT2D eigenvalue weighted by molar-refractivity contribution is 5.84. The van der Waals surface area contributed by atoms with Gasteiger partial charge in [0.05, 0.1) is 6.21 Å².